The average Bonchev–Trinajstić information content (AvgIpc) is 2.70. The van der Waals surface area contributed by atoms with Crippen LogP contribution in [0.25, 0.3) is 0 Å². The third-order valence-corrected chi connectivity index (χ3v) is 5.42. The molecule has 3 heteroatoms. The molecule has 1 aromatic rings. The van der Waals surface area contributed by atoms with E-state index in [9.17, 15) is 9.59 Å². The quantitative estimate of drug-likeness (QED) is 0.213. The Morgan fingerprint density at radius 2 is 1.41 bits per heavy atom. The normalized spacial score (nSPS) is 11.0. The Labute approximate surface area is 179 Å². The van der Waals surface area contributed by atoms with E-state index >= 15 is 0 Å². The zero-order valence-electron chi connectivity index (χ0n) is 19.1. The number of nitrogens with one attached hydrogen (secondary N) is 1. The third kappa shape index (κ3) is 13.2. The maximum absolute atomic E-state index is 12.3. The molecule has 0 aromatic heterocycles. The number of carbonyl (C=O) groups is 2. The van der Waals surface area contributed by atoms with Crippen LogP contribution in [0.3, 0.4) is 0 Å². The molecular weight excluding hydrogens is 358 g/mol. The number of benzene rings is 1. The van der Waals surface area contributed by atoms with Crippen molar-refractivity contribution in [1.29, 1.82) is 0 Å². The number of Topliss-reactive ketones (excluding diaryl/α,β-unsaturated/α-hetero) is 1. The molecule has 1 aromatic carbocycles. The highest BCUT2D eigenvalue weighted by Crippen LogP contribution is 2.16. The number of carbonyl (C=O) groups excluding carboxylic acids is 2. The van der Waals surface area contributed by atoms with Gasteiger partial charge in [0, 0.05) is 24.1 Å². The topological polar surface area (TPSA) is 46.2 Å². The summed E-state index contributed by atoms with van der Waals surface area (Å²) in [5, 5.41) is 2.95. The Hall–Kier alpha value is -1.64. The van der Waals surface area contributed by atoms with Crippen LogP contribution in [-0.2, 0) is 4.79 Å². The van der Waals surface area contributed by atoms with Crippen molar-refractivity contribution in [3.05, 3.63) is 29.8 Å². The van der Waals surface area contributed by atoms with E-state index in [1.165, 1.54) is 57.8 Å². The summed E-state index contributed by atoms with van der Waals surface area (Å²) in [6.07, 6.45) is 16.1. The van der Waals surface area contributed by atoms with Crippen molar-refractivity contribution < 1.29 is 9.59 Å². The van der Waals surface area contributed by atoms with Crippen LogP contribution in [0.15, 0.2) is 24.3 Å². The lowest BCUT2D eigenvalue weighted by Crippen LogP contribution is -2.11. The van der Waals surface area contributed by atoms with Gasteiger partial charge in [0.2, 0.25) is 5.91 Å². The summed E-state index contributed by atoms with van der Waals surface area (Å²) in [5.41, 5.74) is 1.42. The van der Waals surface area contributed by atoms with Crippen LogP contribution >= 0.6 is 0 Å². The van der Waals surface area contributed by atoms with Gasteiger partial charge in [-0.05, 0) is 30.9 Å². The molecule has 0 atom stereocenters. The Balaban J connectivity index is 2.14. The van der Waals surface area contributed by atoms with Gasteiger partial charge in [0.15, 0.2) is 5.78 Å². The summed E-state index contributed by atoms with van der Waals surface area (Å²) in [6.45, 7) is 6.50. The molecule has 0 bridgehead atoms. The standard InChI is InChI=1S/C26H43NO2/c1-4-5-6-7-8-9-10-11-12-13-14-18-26(29)27-24-17-15-16-23(21-24)25(28)20-19-22(2)3/h15-17,21-22H,4-14,18-20H2,1-3H3,(H,27,29). The molecule has 0 saturated heterocycles. The van der Waals surface area contributed by atoms with Crippen LogP contribution in [0.4, 0.5) is 5.69 Å². The number of amides is 1. The van der Waals surface area contributed by atoms with Gasteiger partial charge in [0.1, 0.15) is 0 Å². The molecule has 0 fully saturated rings. The molecule has 0 saturated carbocycles. The molecule has 3 nitrogen and oxygen atoms in total. The van der Waals surface area contributed by atoms with Gasteiger partial charge in [-0.1, -0.05) is 97.1 Å². The van der Waals surface area contributed by atoms with Crippen molar-refractivity contribution in [1.82, 2.24) is 0 Å². The number of hydrogen-bond donors (Lipinski definition) is 1. The molecule has 0 aliphatic rings. The van der Waals surface area contributed by atoms with E-state index in [0.717, 1.165) is 24.9 Å². The van der Waals surface area contributed by atoms with Gasteiger partial charge in [-0.25, -0.2) is 0 Å². The largest absolute Gasteiger partial charge is 0.326 e. The van der Waals surface area contributed by atoms with Crippen molar-refractivity contribution in [3.8, 4) is 0 Å². The molecule has 0 aliphatic carbocycles. The lowest BCUT2D eigenvalue weighted by atomic mass is 10.0. The van der Waals surface area contributed by atoms with Gasteiger partial charge < -0.3 is 5.32 Å². The highest BCUT2D eigenvalue weighted by atomic mass is 16.1. The molecule has 0 radical (unpaired) electrons. The number of anilines is 1. The Morgan fingerprint density at radius 1 is 0.828 bits per heavy atom. The minimum Gasteiger partial charge on any atom is -0.326 e. The zero-order chi connectivity index (χ0) is 21.3. The van der Waals surface area contributed by atoms with Crippen molar-refractivity contribution in [2.24, 2.45) is 5.92 Å². The second-order valence-electron chi connectivity index (χ2n) is 8.77. The van der Waals surface area contributed by atoms with Gasteiger partial charge in [0.05, 0.1) is 0 Å². The molecule has 0 unspecified atom stereocenters. The monoisotopic (exact) mass is 401 g/mol. The predicted molar refractivity (Wildman–Crippen MR) is 125 cm³/mol. The maximum atomic E-state index is 12.3. The van der Waals surface area contributed by atoms with Crippen molar-refractivity contribution in [2.75, 3.05) is 5.32 Å². The van der Waals surface area contributed by atoms with Crippen molar-refractivity contribution in [2.45, 2.75) is 111 Å². The third-order valence-electron chi connectivity index (χ3n) is 5.42. The van der Waals surface area contributed by atoms with Gasteiger partial charge in [-0.3, -0.25) is 9.59 Å². The zero-order valence-corrected chi connectivity index (χ0v) is 19.1. The van der Waals surface area contributed by atoms with Crippen LogP contribution in [-0.4, -0.2) is 11.7 Å². The fraction of sp³-hybridized carbons (Fsp3) is 0.692. The van der Waals surface area contributed by atoms with Gasteiger partial charge in [0.25, 0.3) is 0 Å². The second-order valence-corrected chi connectivity index (χ2v) is 8.77. The van der Waals surface area contributed by atoms with Crippen molar-refractivity contribution in [3.63, 3.8) is 0 Å². The first-order chi connectivity index (χ1) is 14.0. The summed E-state index contributed by atoms with van der Waals surface area (Å²) in [5.74, 6) is 0.723. The predicted octanol–water partition coefficient (Wildman–Crippen LogP) is 7.95. The minimum absolute atomic E-state index is 0.0488. The summed E-state index contributed by atoms with van der Waals surface area (Å²) in [4.78, 5) is 24.4. The Bertz CT molecular complexity index is 580. The maximum Gasteiger partial charge on any atom is 0.224 e. The molecule has 29 heavy (non-hydrogen) atoms. The Kier molecular flexibility index (Phi) is 14.2. The van der Waals surface area contributed by atoms with E-state index in [4.69, 9.17) is 0 Å². The molecule has 1 N–H and O–H groups in total. The van der Waals surface area contributed by atoms with Crippen LogP contribution in [0.5, 0.6) is 0 Å². The first-order valence-corrected chi connectivity index (χ1v) is 12.0. The van der Waals surface area contributed by atoms with Crippen molar-refractivity contribution >= 4 is 17.4 Å². The molecule has 0 spiro atoms. The van der Waals surface area contributed by atoms with E-state index in [-0.39, 0.29) is 11.7 Å². The summed E-state index contributed by atoms with van der Waals surface area (Å²) in [7, 11) is 0. The summed E-state index contributed by atoms with van der Waals surface area (Å²) < 4.78 is 0. The smallest absolute Gasteiger partial charge is 0.224 e. The number of ketones is 1. The molecule has 0 aliphatic heterocycles. The molecular formula is C26H43NO2. The molecule has 164 valence electrons. The minimum atomic E-state index is 0.0488. The van der Waals surface area contributed by atoms with Crippen LogP contribution < -0.4 is 5.32 Å². The van der Waals surface area contributed by atoms with Gasteiger partial charge in [-0.15, -0.1) is 0 Å². The van der Waals surface area contributed by atoms with E-state index in [2.05, 4.69) is 26.1 Å². The molecule has 1 amide bonds. The lowest BCUT2D eigenvalue weighted by molar-refractivity contribution is -0.116. The van der Waals surface area contributed by atoms with Crippen LogP contribution in [0.2, 0.25) is 0 Å². The fourth-order valence-electron chi connectivity index (χ4n) is 3.51. The summed E-state index contributed by atoms with van der Waals surface area (Å²) >= 11 is 0. The average molecular weight is 402 g/mol. The van der Waals surface area contributed by atoms with E-state index < -0.39 is 0 Å². The lowest BCUT2D eigenvalue weighted by Gasteiger charge is -2.08. The number of rotatable bonds is 17. The first kappa shape index (κ1) is 25.4. The highest BCUT2D eigenvalue weighted by molar-refractivity contribution is 5.98. The second kappa shape index (κ2) is 16.2. The SMILES string of the molecule is CCCCCCCCCCCCCC(=O)Nc1cccc(C(=O)CCC(C)C)c1. The fourth-order valence-corrected chi connectivity index (χ4v) is 3.51. The van der Waals surface area contributed by atoms with E-state index in [1.54, 1.807) is 6.07 Å². The van der Waals surface area contributed by atoms with E-state index in [0.29, 0.717) is 24.3 Å². The first-order valence-electron chi connectivity index (χ1n) is 12.0. The number of hydrogen-bond acceptors (Lipinski definition) is 2. The highest BCUT2D eigenvalue weighted by Gasteiger charge is 2.09. The number of unbranched alkanes of at least 4 members (excludes halogenated alkanes) is 10. The van der Waals surface area contributed by atoms with Crippen LogP contribution in [0.1, 0.15) is 121 Å². The Morgan fingerprint density at radius 3 is 2.00 bits per heavy atom. The summed E-state index contributed by atoms with van der Waals surface area (Å²) in [6, 6.07) is 7.35. The molecule has 0 heterocycles. The van der Waals surface area contributed by atoms with Gasteiger partial charge >= 0.3 is 0 Å². The van der Waals surface area contributed by atoms with E-state index in [1.807, 2.05) is 18.2 Å². The van der Waals surface area contributed by atoms with Crippen LogP contribution in [0, 0.1) is 5.92 Å². The van der Waals surface area contributed by atoms with Gasteiger partial charge in [-0.2, -0.15) is 0 Å². The molecule has 1 rings (SSSR count).